The summed E-state index contributed by atoms with van der Waals surface area (Å²) in [6.07, 6.45) is 0. The van der Waals surface area contributed by atoms with Gasteiger partial charge in [0, 0.05) is 11.4 Å². The van der Waals surface area contributed by atoms with Gasteiger partial charge in [0.2, 0.25) is 0 Å². The number of carbonyl (C=O) groups is 1. The van der Waals surface area contributed by atoms with Crippen molar-refractivity contribution in [1.82, 2.24) is 24.5 Å². The van der Waals surface area contributed by atoms with Crippen molar-refractivity contribution in [2.45, 2.75) is 41.0 Å². The monoisotopic (exact) mass is 291 g/mol. The Kier molecular flexibility index (Phi) is 4.42. The Morgan fingerprint density at radius 1 is 1.05 bits per heavy atom. The van der Waals surface area contributed by atoms with Crippen molar-refractivity contribution in [3.05, 3.63) is 34.9 Å². The molecule has 0 saturated heterocycles. The van der Waals surface area contributed by atoms with Crippen LogP contribution >= 0.6 is 0 Å². The van der Waals surface area contributed by atoms with E-state index in [2.05, 4.69) is 10.2 Å². The van der Waals surface area contributed by atoms with Crippen LogP contribution in [-0.2, 0) is 18.1 Å². The van der Waals surface area contributed by atoms with E-state index in [0.717, 1.165) is 22.8 Å². The van der Waals surface area contributed by atoms with E-state index < -0.39 is 5.97 Å². The number of aliphatic carboxylic acids is 1. The van der Waals surface area contributed by atoms with Crippen molar-refractivity contribution in [2.24, 2.45) is 0 Å². The van der Waals surface area contributed by atoms with E-state index in [1.54, 1.807) is 4.90 Å². The van der Waals surface area contributed by atoms with Crippen LogP contribution in [0.3, 0.4) is 0 Å². The summed E-state index contributed by atoms with van der Waals surface area (Å²) in [7, 11) is 0. The fraction of sp³-hybridized carbons (Fsp3) is 0.500. The number of aromatic nitrogens is 4. The van der Waals surface area contributed by atoms with Crippen molar-refractivity contribution in [2.75, 3.05) is 6.54 Å². The maximum absolute atomic E-state index is 11.1. The molecule has 0 aliphatic heterocycles. The summed E-state index contributed by atoms with van der Waals surface area (Å²) >= 11 is 0. The standard InChI is InChI=1S/C14H21N5O2/c1-10-5-12(3)18(15-10)8-17(7-14(20)21)9-19-13(4)6-11(2)16-19/h5-6H,7-9H2,1-4H3,(H,20,21). The van der Waals surface area contributed by atoms with Crippen LogP contribution in [0.1, 0.15) is 22.8 Å². The van der Waals surface area contributed by atoms with Crippen LogP contribution in [0.4, 0.5) is 0 Å². The number of hydrogen-bond donors (Lipinski definition) is 1. The summed E-state index contributed by atoms with van der Waals surface area (Å²) in [6.45, 7) is 8.55. The third kappa shape index (κ3) is 3.91. The van der Waals surface area contributed by atoms with Crippen molar-refractivity contribution >= 4 is 5.97 Å². The summed E-state index contributed by atoms with van der Waals surface area (Å²) < 4.78 is 3.62. The van der Waals surface area contributed by atoms with Gasteiger partial charge in [0.05, 0.1) is 31.3 Å². The summed E-state index contributed by atoms with van der Waals surface area (Å²) in [5.41, 5.74) is 3.87. The molecule has 2 aromatic heterocycles. The predicted octanol–water partition coefficient (Wildman–Crippen LogP) is 1.32. The zero-order valence-electron chi connectivity index (χ0n) is 12.9. The zero-order chi connectivity index (χ0) is 15.6. The lowest BCUT2D eigenvalue weighted by Gasteiger charge is -2.21. The van der Waals surface area contributed by atoms with Gasteiger partial charge in [-0.2, -0.15) is 10.2 Å². The van der Waals surface area contributed by atoms with Gasteiger partial charge in [0.15, 0.2) is 0 Å². The lowest BCUT2D eigenvalue weighted by Crippen LogP contribution is -2.34. The Labute approximate surface area is 123 Å². The normalized spacial score (nSPS) is 11.3. The molecule has 0 fully saturated rings. The Morgan fingerprint density at radius 2 is 1.48 bits per heavy atom. The third-order valence-electron chi connectivity index (χ3n) is 3.23. The topological polar surface area (TPSA) is 76.2 Å². The van der Waals surface area contributed by atoms with E-state index in [1.165, 1.54) is 0 Å². The zero-order valence-corrected chi connectivity index (χ0v) is 12.9. The Bertz CT molecular complexity index is 596. The van der Waals surface area contributed by atoms with E-state index in [4.69, 9.17) is 5.11 Å². The van der Waals surface area contributed by atoms with Crippen molar-refractivity contribution in [3.63, 3.8) is 0 Å². The van der Waals surface area contributed by atoms with Gasteiger partial charge in [-0.05, 0) is 39.8 Å². The minimum atomic E-state index is -0.863. The number of hydrogen-bond acceptors (Lipinski definition) is 4. The van der Waals surface area contributed by atoms with Crippen molar-refractivity contribution in [1.29, 1.82) is 0 Å². The molecule has 2 heterocycles. The molecular weight excluding hydrogens is 270 g/mol. The van der Waals surface area contributed by atoms with Gasteiger partial charge in [-0.1, -0.05) is 0 Å². The van der Waals surface area contributed by atoms with Gasteiger partial charge in [0.1, 0.15) is 0 Å². The molecular formula is C14H21N5O2. The molecule has 0 aliphatic carbocycles. The highest BCUT2D eigenvalue weighted by atomic mass is 16.4. The molecule has 0 aliphatic rings. The van der Waals surface area contributed by atoms with Crippen LogP contribution < -0.4 is 0 Å². The molecule has 7 heteroatoms. The van der Waals surface area contributed by atoms with E-state index in [-0.39, 0.29) is 6.54 Å². The van der Waals surface area contributed by atoms with E-state index in [0.29, 0.717) is 13.3 Å². The molecule has 0 spiro atoms. The average molecular weight is 291 g/mol. The molecule has 2 rings (SSSR count). The summed E-state index contributed by atoms with van der Waals surface area (Å²) in [5.74, 6) is -0.863. The summed E-state index contributed by atoms with van der Waals surface area (Å²) in [5, 5.41) is 17.8. The smallest absolute Gasteiger partial charge is 0.317 e. The molecule has 0 bridgehead atoms. The van der Waals surface area contributed by atoms with Gasteiger partial charge >= 0.3 is 5.97 Å². The molecule has 0 aromatic carbocycles. The molecule has 0 amide bonds. The second-order valence-electron chi connectivity index (χ2n) is 5.36. The molecule has 0 atom stereocenters. The van der Waals surface area contributed by atoms with E-state index in [9.17, 15) is 4.79 Å². The van der Waals surface area contributed by atoms with Gasteiger partial charge in [-0.15, -0.1) is 0 Å². The first-order valence-corrected chi connectivity index (χ1v) is 6.81. The van der Waals surface area contributed by atoms with E-state index >= 15 is 0 Å². The van der Waals surface area contributed by atoms with Crippen LogP contribution in [0, 0.1) is 27.7 Å². The number of nitrogens with zero attached hydrogens (tertiary/aromatic N) is 5. The first-order valence-electron chi connectivity index (χ1n) is 6.81. The number of aryl methyl sites for hydroxylation is 4. The van der Waals surface area contributed by atoms with Crippen LogP contribution in [0.2, 0.25) is 0 Å². The first-order chi connectivity index (χ1) is 9.85. The highest BCUT2D eigenvalue weighted by Crippen LogP contribution is 2.07. The molecule has 114 valence electrons. The lowest BCUT2D eigenvalue weighted by molar-refractivity contribution is -0.139. The minimum absolute atomic E-state index is 0.0588. The van der Waals surface area contributed by atoms with Crippen LogP contribution in [0.15, 0.2) is 12.1 Å². The predicted molar refractivity (Wildman–Crippen MR) is 77.7 cm³/mol. The SMILES string of the molecule is Cc1cc(C)n(CN(CC(=O)O)Cn2nc(C)cc2C)n1. The second-order valence-corrected chi connectivity index (χ2v) is 5.36. The fourth-order valence-electron chi connectivity index (χ4n) is 2.35. The lowest BCUT2D eigenvalue weighted by atomic mass is 10.4. The first kappa shape index (κ1) is 15.2. The molecule has 0 radical (unpaired) electrons. The summed E-state index contributed by atoms with van der Waals surface area (Å²) in [4.78, 5) is 12.9. The van der Waals surface area contributed by atoms with Gasteiger partial charge < -0.3 is 5.11 Å². The fourth-order valence-corrected chi connectivity index (χ4v) is 2.35. The molecule has 1 N–H and O–H groups in total. The van der Waals surface area contributed by atoms with E-state index in [1.807, 2.05) is 49.2 Å². The highest BCUT2D eigenvalue weighted by molar-refractivity contribution is 5.68. The Balaban J connectivity index is 2.16. The average Bonchev–Trinajstić information content (AvgIpc) is 2.81. The maximum Gasteiger partial charge on any atom is 0.317 e. The van der Waals surface area contributed by atoms with Gasteiger partial charge in [-0.25, -0.2) is 0 Å². The van der Waals surface area contributed by atoms with Crippen LogP contribution in [0.5, 0.6) is 0 Å². The largest absolute Gasteiger partial charge is 0.480 e. The Hall–Kier alpha value is -2.15. The van der Waals surface area contributed by atoms with Crippen LogP contribution in [-0.4, -0.2) is 42.1 Å². The number of rotatable bonds is 6. The number of carboxylic acids is 1. The minimum Gasteiger partial charge on any atom is -0.480 e. The van der Waals surface area contributed by atoms with Crippen molar-refractivity contribution in [3.8, 4) is 0 Å². The summed E-state index contributed by atoms with van der Waals surface area (Å²) in [6, 6.07) is 3.95. The molecule has 2 aromatic rings. The highest BCUT2D eigenvalue weighted by Gasteiger charge is 2.14. The van der Waals surface area contributed by atoms with Gasteiger partial charge in [-0.3, -0.25) is 19.1 Å². The van der Waals surface area contributed by atoms with Crippen LogP contribution in [0.25, 0.3) is 0 Å². The van der Waals surface area contributed by atoms with Gasteiger partial charge in [0.25, 0.3) is 0 Å². The molecule has 0 unspecified atom stereocenters. The molecule has 7 nitrogen and oxygen atoms in total. The number of carboxylic acid groups (broad SMARTS) is 1. The third-order valence-corrected chi connectivity index (χ3v) is 3.23. The molecule has 0 saturated carbocycles. The Morgan fingerprint density at radius 3 is 1.76 bits per heavy atom. The second kappa shape index (κ2) is 6.09. The molecule has 21 heavy (non-hydrogen) atoms. The maximum atomic E-state index is 11.1. The quantitative estimate of drug-likeness (QED) is 0.868. The van der Waals surface area contributed by atoms with Crippen molar-refractivity contribution < 1.29 is 9.90 Å².